The zero-order valence-electron chi connectivity index (χ0n) is 21.6. The van der Waals surface area contributed by atoms with Gasteiger partial charge in [-0.05, 0) is 42.2 Å². The van der Waals surface area contributed by atoms with E-state index in [1.54, 1.807) is 7.11 Å². The molecule has 2 amide bonds. The highest BCUT2D eigenvalue weighted by atomic mass is 16.7. The van der Waals surface area contributed by atoms with Crippen LogP contribution >= 0.6 is 0 Å². The Morgan fingerprint density at radius 3 is 2.30 bits per heavy atom. The van der Waals surface area contributed by atoms with E-state index in [0.29, 0.717) is 44.7 Å². The molecular weight excluding hydrogens is 468 g/mol. The Kier molecular flexibility index (Phi) is 6.67. The number of methoxy groups -OCH3 is 1. The third-order valence-corrected chi connectivity index (χ3v) is 8.72. The van der Waals surface area contributed by atoms with Crippen LogP contribution in [0, 0.1) is 0 Å². The van der Waals surface area contributed by atoms with Crippen molar-refractivity contribution < 1.29 is 23.8 Å². The van der Waals surface area contributed by atoms with Crippen LogP contribution in [0.3, 0.4) is 0 Å². The summed E-state index contributed by atoms with van der Waals surface area (Å²) in [7, 11) is 1.65. The summed E-state index contributed by atoms with van der Waals surface area (Å²) in [5.74, 6) is -0.132. The number of carbonyl (C=O) groups is 2. The van der Waals surface area contributed by atoms with Gasteiger partial charge in [0, 0.05) is 37.5 Å². The largest absolute Gasteiger partial charge is 0.497 e. The normalized spacial score (nSPS) is 25.8. The van der Waals surface area contributed by atoms with Gasteiger partial charge in [-0.2, -0.15) is 0 Å². The molecule has 7 heteroatoms. The molecular formula is C30H36N2O5. The molecule has 7 nitrogen and oxygen atoms in total. The summed E-state index contributed by atoms with van der Waals surface area (Å²) in [5, 5.41) is 0. The Bertz CT molecular complexity index is 1130. The van der Waals surface area contributed by atoms with Crippen LogP contribution in [0.4, 0.5) is 0 Å². The second-order valence-electron chi connectivity index (χ2n) is 10.7. The summed E-state index contributed by atoms with van der Waals surface area (Å²) in [4.78, 5) is 32.5. The second kappa shape index (κ2) is 10.1. The lowest BCUT2D eigenvalue weighted by Crippen LogP contribution is -2.54. The van der Waals surface area contributed by atoms with Gasteiger partial charge in [0.05, 0.1) is 32.3 Å². The second-order valence-corrected chi connectivity index (χ2v) is 10.7. The standard InChI is InChI=1S/C30H36N2O5/c1-35-23-13-11-21(12-14-23)27-26(29(34)31-17-15-30(16-18-31)36-19-20-37-30)24-9-5-6-10-25(24)28(33)32(27)22-7-3-2-4-8-22/h5-6,9-14,22,26-27H,2-4,7-8,15-20H2,1H3. The van der Waals surface area contributed by atoms with Gasteiger partial charge in [0.2, 0.25) is 5.91 Å². The molecule has 0 aromatic heterocycles. The molecule has 1 saturated carbocycles. The lowest BCUT2D eigenvalue weighted by atomic mass is 9.76. The fourth-order valence-corrected chi connectivity index (χ4v) is 6.78. The first-order chi connectivity index (χ1) is 18.1. The number of nitrogens with zero attached hydrogens (tertiary/aromatic N) is 2. The van der Waals surface area contributed by atoms with E-state index in [2.05, 4.69) is 4.90 Å². The summed E-state index contributed by atoms with van der Waals surface area (Å²) >= 11 is 0. The van der Waals surface area contributed by atoms with E-state index in [9.17, 15) is 9.59 Å². The first kappa shape index (κ1) is 24.4. The van der Waals surface area contributed by atoms with Crippen molar-refractivity contribution in [2.24, 2.45) is 0 Å². The Hall–Kier alpha value is -2.90. The number of amides is 2. The van der Waals surface area contributed by atoms with Crippen LogP contribution in [0.1, 0.15) is 78.4 Å². The van der Waals surface area contributed by atoms with Gasteiger partial charge in [-0.25, -0.2) is 0 Å². The summed E-state index contributed by atoms with van der Waals surface area (Å²) < 4.78 is 17.2. The van der Waals surface area contributed by atoms with Crippen molar-refractivity contribution in [1.29, 1.82) is 0 Å². The van der Waals surface area contributed by atoms with Crippen LogP contribution in [-0.4, -0.2) is 66.9 Å². The average Bonchev–Trinajstić information content (AvgIpc) is 3.41. The average molecular weight is 505 g/mol. The van der Waals surface area contributed by atoms with Gasteiger partial charge >= 0.3 is 0 Å². The first-order valence-corrected chi connectivity index (χ1v) is 13.7. The summed E-state index contributed by atoms with van der Waals surface area (Å²) in [5.41, 5.74) is 2.47. The van der Waals surface area contributed by atoms with E-state index in [1.807, 2.05) is 53.4 Å². The number of piperidine rings is 1. The Morgan fingerprint density at radius 1 is 0.946 bits per heavy atom. The van der Waals surface area contributed by atoms with Gasteiger partial charge in [-0.3, -0.25) is 9.59 Å². The van der Waals surface area contributed by atoms with E-state index in [4.69, 9.17) is 14.2 Å². The van der Waals surface area contributed by atoms with Gasteiger partial charge in [-0.1, -0.05) is 49.6 Å². The van der Waals surface area contributed by atoms with Gasteiger partial charge in [0.25, 0.3) is 5.91 Å². The minimum Gasteiger partial charge on any atom is -0.497 e. The maximum atomic E-state index is 14.4. The number of likely N-dealkylation sites (tertiary alicyclic amines) is 1. The summed E-state index contributed by atoms with van der Waals surface area (Å²) in [6.45, 7) is 2.40. The molecule has 196 valence electrons. The first-order valence-electron chi connectivity index (χ1n) is 13.7. The fourth-order valence-electron chi connectivity index (χ4n) is 6.78. The van der Waals surface area contributed by atoms with E-state index in [0.717, 1.165) is 42.6 Å². The third-order valence-electron chi connectivity index (χ3n) is 8.72. The zero-order chi connectivity index (χ0) is 25.4. The molecule has 1 aliphatic carbocycles. The number of hydrogen-bond donors (Lipinski definition) is 0. The number of benzene rings is 2. The summed E-state index contributed by atoms with van der Waals surface area (Å²) in [6.07, 6.45) is 6.71. The molecule has 2 unspecified atom stereocenters. The van der Waals surface area contributed by atoms with Crippen LogP contribution in [-0.2, 0) is 14.3 Å². The maximum absolute atomic E-state index is 14.4. The lowest BCUT2D eigenvalue weighted by Gasteiger charge is -2.48. The van der Waals surface area contributed by atoms with Crippen molar-refractivity contribution in [2.75, 3.05) is 33.4 Å². The number of rotatable bonds is 4. The number of ether oxygens (including phenoxy) is 3. The molecule has 3 fully saturated rings. The van der Waals surface area contributed by atoms with Crippen LogP contribution < -0.4 is 4.74 Å². The molecule has 0 bridgehead atoms. The fraction of sp³-hybridized carbons (Fsp3) is 0.533. The van der Waals surface area contributed by atoms with E-state index in [1.165, 1.54) is 6.42 Å². The van der Waals surface area contributed by atoms with Crippen LogP contribution in [0.25, 0.3) is 0 Å². The van der Waals surface area contributed by atoms with Crippen LogP contribution in [0.5, 0.6) is 5.75 Å². The minimum atomic E-state index is -0.541. The van der Waals surface area contributed by atoms with E-state index >= 15 is 0 Å². The van der Waals surface area contributed by atoms with Crippen molar-refractivity contribution in [3.8, 4) is 5.75 Å². The van der Waals surface area contributed by atoms with Gasteiger partial charge in [0.1, 0.15) is 5.75 Å². The van der Waals surface area contributed by atoms with Crippen LogP contribution in [0.15, 0.2) is 48.5 Å². The lowest BCUT2D eigenvalue weighted by molar-refractivity contribution is -0.188. The van der Waals surface area contributed by atoms with Gasteiger partial charge < -0.3 is 24.0 Å². The van der Waals surface area contributed by atoms with Gasteiger partial charge in [-0.15, -0.1) is 0 Å². The number of hydrogen-bond acceptors (Lipinski definition) is 5. The van der Waals surface area contributed by atoms with Crippen molar-refractivity contribution in [3.05, 3.63) is 65.2 Å². The predicted molar refractivity (Wildman–Crippen MR) is 138 cm³/mol. The van der Waals surface area contributed by atoms with Crippen molar-refractivity contribution in [2.45, 2.75) is 68.7 Å². The maximum Gasteiger partial charge on any atom is 0.254 e. The molecule has 0 N–H and O–H groups in total. The SMILES string of the molecule is COc1ccc(C2C(C(=O)N3CCC4(CC3)OCCO4)c3ccccc3C(=O)N2C2CCCCC2)cc1. The number of fused-ring (bicyclic) bond motifs is 1. The highest BCUT2D eigenvalue weighted by Gasteiger charge is 2.49. The Morgan fingerprint density at radius 2 is 1.62 bits per heavy atom. The quantitative estimate of drug-likeness (QED) is 0.605. The smallest absolute Gasteiger partial charge is 0.254 e. The molecule has 2 aromatic rings. The number of carbonyl (C=O) groups excluding carboxylic acids is 2. The zero-order valence-corrected chi connectivity index (χ0v) is 21.6. The molecule has 4 aliphatic rings. The molecule has 3 aliphatic heterocycles. The molecule has 2 aromatic carbocycles. The van der Waals surface area contributed by atoms with Crippen molar-refractivity contribution >= 4 is 11.8 Å². The molecule has 2 atom stereocenters. The molecule has 2 saturated heterocycles. The van der Waals surface area contributed by atoms with Crippen molar-refractivity contribution in [1.82, 2.24) is 9.80 Å². The topological polar surface area (TPSA) is 68.3 Å². The third kappa shape index (κ3) is 4.42. The monoisotopic (exact) mass is 504 g/mol. The molecule has 6 rings (SSSR count). The van der Waals surface area contributed by atoms with Crippen LogP contribution in [0.2, 0.25) is 0 Å². The molecule has 0 radical (unpaired) electrons. The van der Waals surface area contributed by atoms with Gasteiger partial charge in [0.15, 0.2) is 5.79 Å². The molecule has 1 spiro atoms. The Labute approximate surface area is 218 Å². The highest BCUT2D eigenvalue weighted by Crippen LogP contribution is 2.47. The Balaban J connectivity index is 1.41. The predicted octanol–water partition coefficient (Wildman–Crippen LogP) is 4.67. The summed E-state index contributed by atoms with van der Waals surface area (Å²) in [6, 6.07) is 15.4. The van der Waals surface area contributed by atoms with Crippen molar-refractivity contribution in [3.63, 3.8) is 0 Å². The molecule has 3 heterocycles. The molecule has 37 heavy (non-hydrogen) atoms. The van der Waals surface area contributed by atoms with E-state index < -0.39 is 11.7 Å². The highest BCUT2D eigenvalue weighted by molar-refractivity contribution is 6.01. The minimum absolute atomic E-state index is 0.0396. The van der Waals surface area contributed by atoms with E-state index in [-0.39, 0.29) is 23.9 Å².